The summed E-state index contributed by atoms with van der Waals surface area (Å²) < 4.78 is 0. The van der Waals surface area contributed by atoms with Crippen LogP contribution in [-0.4, -0.2) is 18.1 Å². The third-order valence-corrected chi connectivity index (χ3v) is 4.59. The van der Waals surface area contributed by atoms with Crippen molar-refractivity contribution in [3.63, 3.8) is 0 Å². The lowest BCUT2D eigenvalue weighted by Crippen LogP contribution is -2.24. The smallest absolute Gasteiger partial charge is 0.185 e. The summed E-state index contributed by atoms with van der Waals surface area (Å²) in [4.78, 5) is 7.08. The Morgan fingerprint density at radius 1 is 1.53 bits per heavy atom. The van der Waals surface area contributed by atoms with Crippen LogP contribution in [0.5, 0.6) is 0 Å². The molecule has 2 atom stereocenters. The first-order chi connectivity index (χ1) is 8.20. The minimum Gasteiger partial charge on any atom is -0.348 e. The predicted octanol–water partition coefficient (Wildman–Crippen LogP) is 3.18. The van der Waals surface area contributed by atoms with Crippen LogP contribution in [0.1, 0.15) is 51.3 Å². The van der Waals surface area contributed by atoms with Gasteiger partial charge in [0.2, 0.25) is 0 Å². The standard InChI is InChI=1S/C13H23N3S/c1-3-11-5-4-7-16(8-6-11)13-15-12(9-17-13)10(2)14/h9-11H,3-8,14H2,1-2H3. The molecule has 0 aliphatic carbocycles. The highest BCUT2D eigenvalue weighted by Crippen LogP contribution is 2.27. The fraction of sp³-hybridized carbons (Fsp3) is 0.769. The Kier molecular flexibility index (Phi) is 4.40. The largest absolute Gasteiger partial charge is 0.348 e. The van der Waals surface area contributed by atoms with Crippen LogP contribution in [0.15, 0.2) is 5.38 Å². The monoisotopic (exact) mass is 253 g/mol. The number of nitrogens with two attached hydrogens (primary N) is 1. The van der Waals surface area contributed by atoms with E-state index in [2.05, 4.69) is 22.2 Å². The summed E-state index contributed by atoms with van der Waals surface area (Å²) in [5.74, 6) is 0.910. The fourth-order valence-corrected chi connectivity index (χ4v) is 3.38. The molecular formula is C13H23N3S. The zero-order valence-corrected chi connectivity index (χ0v) is 11.7. The Morgan fingerprint density at radius 2 is 2.35 bits per heavy atom. The van der Waals surface area contributed by atoms with Gasteiger partial charge in [0.05, 0.1) is 5.69 Å². The van der Waals surface area contributed by atoms with E-state index in [9.17, 15) is 0 Å². The molecule has 0 aromatic carbocycles. The molecular weight excluding hydrogens is 230 g/mol. The minimum atomic E-state index is 0.0513. The predicted molar refractivity (Wildman–Crippen MR) is 74.6 cm³/mol. The van der Waals surface area contributed by atoms with Crippen molar-refractivity contribution in [1.29, 1.82) is 0 Å². The minimum absolute atomic E-state index is 0.0513. The Balaban J connectivity index is 2.01. The number of anilines is 1. The highest BCUT2D eigenvalue weighted by Gasteiger charge is 2.18. The van der Waals surface area contributed by atoms with E-state index in [1.165, 1.54) is 25.7 Å². The summed E-state index contributed by atoms with van der Waals surface area (Å²) >= 11 is 1.74. The third-order valence-electron chi connectivity index (χ3n) is 3.67. The Bertz CT molecular complexity index is 348. The summed E-state index contributed by atoms with van der Waals surface area (Å²) in [6.45, 7) is 6.61. The summed E-state index contributed by atoms with van der Waals surface area (Å²) in [5, 5.41) is 3.26. The van der Waals surface area contributed by atoms with Crippen LogP contribution >= 0.6 is 11.3 Å². The molecule has 1 aromatic heterocycles. The molecule has 2 heterocycles. The van der Waals surface area contributed by atoms with Crippen molar-refractivity contribution in [3.8, 4) is 0 Å². The Morgan fingerprint density at radius 3 is 3.00 bits per heavy atom. The van der Waals surface area contributed by atoms with E-state index < -0.39 is 0 Å². The lowest BCUT2D eigenvalue weighted by molar-refractivity contribution is 0.459. The van der Waals surface area contributed by atoms with Crippen LogP contribution < -0.4 is 10.6 Å². The molecule has 2 unspecified atom stereocenters. The Hall–Kier alpha value is -0.610. The molecule has 0 saturated carbocycles. The molecule has 1 fully saturated rings. The quantitative estimate of drug-likeness (QED) is 0.899. The lowest BCUT2D eigenvalue weighted by Gasteiger charge is -2.19. The average molecular weight is 253 g/mol. The lowest BCUT2D eigenvalue weighted by atomic mass is 9.98. The molecule has 2 N–H and O–H groups in total. The normalized spacial score (nSPS) is 23.5. The second kappa shape index (κ2) is 5.83. The van der Waals surface area contributed by atoms with E-state index in [-0.39, 0.29) is 6.04 Å². The molecule has 1 aromatic rings. The molecule has 3 nitrogen and oxygen atoms in total. The number of nitrogens with zero attached hydrogens (tertiary/aromatic N) is 2. The molecule has 0 amide bonds. The van der Waals surface area contributed by atoms with Gasteiger partial charge in [0.1, 0.15) is 0 Å². The van der Waals surface area contributed by atoms with Gasteiger partial charge in [-0.05, 0) is 32.1 Å². The van der Waals surface area contributed by atoms with Crippen molar-refractivity contribution in [3.05, 3.63) is 11.1 Å². The second-order valence-corrected chi connectivity index (χ2v) is 5.87. The van der Waals surface area contributed by atoms with Gasteiger partial charge in [0, 0.05) is 24.5 Å². The number of aromatic nitrogens is 1. The molecule has 1 saturated heterocycles. The van der Waals surface area contributed by atoms with E-state index >= 15 is 0 Å². The first-order valence-electron chi connectivity index (χ1n) is 6.66. The van der Waals surface area contributed by atoms with Gasteiger partial charge >= 0.3 is 0 Å². The molecule has 0 radical (unpaired) electrons. The van der Waals surface area contributed by atoms with Gasteiger partial charge in [-0.25, -0.2) is 4.98 Å². The van der Waals surface area contributed by atoms with Gasteiger partial charge in [-0.15, -0.1) is 11.3 Å². The van der Waals surface area contributed by atoms with E-state index in [4.69, 9.17) is 5.73 Å². The van der Waals surface area contributed by atoms with Crippen molar-refractivity contribution in [1.82, 2.24) is 4.98 Å². The fourth-order valence-electron chi connectivity index (χ4n) is 2.40. The van der Waals surface area contributed by atoms with Crippen LogP contribution in [-0.2, 0) is 0 Å². The number of thiazole rings is 1. The van der Waals surface area contributed by atoms with Gasteiger partial charge in [-0.1, -0.05) is 13.3 Å². The van der Waals surface area contributed by atoms with Crippen LogP contribution in [0.4, 0.5) is 5.13 Å². The highest BCUT2D eigenvalue weighted by atomic mass is 32.1. The van der Waals surface area contributed by atoms with Gasteiger partial charge in [-0.2, -0.15) is 0 Å². The summed E-state index contributed by atoms with van der Waals surface area (Å²) in [6, 6.07) is 0.0513. The number of hydrogen-bond donors (Lipinski definition) is 1. The van der Waals surface area contributed by atoms with Crippen molar-refractivity contribution in [2.24, 2.45) is 11.7 Å². The Labute approximate surface area is 108 Å². The zero-order valence-electron chi connectivity index (χ0n) is 10.9. The van der Waals surface area contributed by atoms with Crippen molar-refractivity contribution in [2.75, 3.05) is 18.0 Å². The maximum Gasteiger partial charge on any atom is 0.185 e. The van der Waals surface area contributed by atoms with Gasteiger partial charge in [0.15, 0.2) is 5.13 Å². The van der Waals surface area contributed by atoms with Gasteiger partial charge < -0.3 is 10.6 Å². The molecule has 1 aliphatic rings. The van der Waals surface area contributed by atoms with Crippen LogP contribution in [0.25, 0.3) is 0 Å². The molecule has 2 rings (SSSR count). The van der Waals surface area contributed by atoms with Crippen molar-refractivity contribution < 1.29 is 0 Å². The van der Waals surface area contributed by atoms with Crippen LogP contribution in [0.3, 0.4) is 0 Å². The van der Waals surface area contributed by atoms with Gasteiger partial charge in [-0.3, -0.25) is 0 Å². The molecule has 96 valence electrons. The third kappa shape index (κ3) is 3.19. The summed E-state index contributed by atoms with van der Waals surface area (Å²) in [7, 11) is 0. The summed E-state index contributed by atoms with van der Waals surface area (Å²) in [5.41, 5.74) is 6.89. The average Bonchev–Trinajstić information content (AvgIpc) is 2.68. The summed E-state index contributed by atoms with van der Waals surface area (Å²) in [6.07, 6.45) is 5.30. The number of rotatable bonds is 3. The maximum atomic E-state index is 5.86. The molecule has 4 heteroatoms. The van der Waals surface area contributed by atoms with Crippen LogP contribution in [0, 0.1) is 5.92 Å². The highest BCUT2D eigenvalue weighted by molar-refractivity contribution is 7.13. The van der Waals surface area contributed by atoms with Gasteiger partial charge in [0.25, 0.3) is 0 Å². The van der Waals surface area contributed by atoms with E-state index in [0.717, 1.165) is 29.8 Å². The van der Waals surface area contributed by atoms with Crippen molar-refractivity contribution in [2.45, 2.75) is 45.6 Å². The SMILES string of the molecule is CCC1CCCN(c2nc(C(C)N)cs2)CC1. The van der Waals surface area contributed by atoms with Crippen LogP contribution in [0.2, 0.25) is 0 Å². The number of hydrogen-bond acceptors (Lipinski definition) is 4. The molecule has 0 bridgehead atoms. The molecule has 0 spiro atoms. The second-order valence-electron chi connectivity index (χ2n) is 5.04. The van der Waals surface area contributed by atoms with E-state index in [1.807, 2.05) is 6.92 Å². The van der Waals surface area contributed by atoms with E-state index in [0.29, 0.717) is 0 Å². The molecule has 1 aliphatic heterocycles. The topological polar surface area (TPSA) is 42.2 Å². The first kappa shape index (κ1) is 12.8. The first-order valence-corrected chi connectivity index (χ1v) is 7.54. The maximum absolute atomic E-state index is 5.86. The zero-order chi connectivity index (χ0) is 12.3. The van der Waals surface area contributed by atoms with Crippen molar-refractivity contribution >= 4 is 16.5 Å². The van der Waals surface area contributed by atoms with E-state index in [1.54, 1.807) is 11.3 Å². The molecule has 17 heavy (non-hydrogen) atoms.